The van der Waals surface area contributed by atoms with Crippen molar-refractivity contribution in [3.8, 4) is 0 Å². The fourth-order valence-electron chi connectivity index (χ4n) is 0. The topological polar surface area (TPSA) is 0 Å². The smallest absolute Gasteiger partial charge is 0 e. The van der Waals surface area contributed by atoms with Crippen molar-refractivity contribution in [2.24, 2.45) is 0 Å². The van der Waals surface area contributed by atoms with Crippen molar-refractivity contribution in [3.63, 3.8) is 0 Å². The van der Waals surface area contributed by atoms with Gasteiger partial charge in [0.25, 0.3) is 0 Å². The fourth-order valence-corrected chi connectivity index (χ4v) is 0. The van der Waals surface area contributed by atoms with Crippen LogP contribution in [0.4, 0.5) is 0 Å². The van der Waals surface area contributed by atoms with Gasteiger partial charge in [0.2, 0.25) is 0 Å². The molecule has 0 heterocycles. The summed E-state index contributed by atoms with van der Waals surface area (Å²) in [4.78, 5) is 0. The maximum atomic E-state index is 0. The summed E-state index contributed by atoms with van der Waals surface area (Å²) in [5.74, 6) is 0. The Hall–Kier alpha value is 3.00. The molecule has 0 rings (SSSR count). The van der Waals surface area contributed by atoms with Crippen LogP contribution in [0, 0.1) is 35.6 Å². The summed E-state index contributed by atoms with van der Waals surface area (Å²) in [6.45, 7) is 0. The van der Waals surface area contributed by atoms with Gasteiger partial charge in [0, 0.05) is 62.9 Å². The van der Waals surface area contributed by atoms with E-state index in [1.807, 2.05) is 0 Å². The Morgan fingerprint density at radius 3 is 1.00 bits per heavy atom. The molecule has 16 valence electrons. The van der Waals surface area contributed by atoms with Gasteiger partial charge in [0.1, 0.15) is 0 Å². The standard InChI is InChI=1S/ClH.La.Li.Tl.H/h1H;;;;. The molecule has 0 bridgehead atoms. The summed E-state index contributed by atoms with van der Waals surface area (Å²) in [6, 6.07) is 0. The molecule has 0 N–H and O–H groups in total. The Bertz CT molecular complexity index is 8.00. The molecule has 0 saturated heterocycles. The number of hydrogen-bond acceptors (Lipinski definition) is 0. The first kappa shape index (κ1) is 28.0. The zero-order valence-corrected chi connectivity index (χ0v) is 10.5. The molecule has 0 amide bonds. The van der Waals surface area contributed by atoms with Crippen LogP contribution in [0.5, 0.6) is 0 Å². The quantitative estimate of drug-likeness (QED) is 0.487. The van der Waals surface area contributed by atoms with Crippen molar-refractivity contribution in [2.45, 2.75) is 0 Å². The minimum Gasteiger partial charge on any atom is 0 e. The van der Waals surface area contributed by atoms with E-state index >= 15 is 0 Å². The zero-order chi connectivity index (χ0) is 0. The number of rotatable bonds is 0. The maximum Gasteiger partial charge on any atom is 0 e. The second-order valence-corrected chi connectivity index (χ2v) is 0. The van der Waals surface area contributed by atoms with Gasteiger partial charge < -0.3 is 0 Å². The van der Waals surface area contributed by atoms with E-state index in [0.29, 0.717) is 0 Å². The van der Waals surface area contributed by atoms with E-state index in [4.69, 9.17) is 0 Å². The Morgan fingerprint density at radius 2 is 1.00 bits per heavy atom. The summed E-state index contributed by atoms with van der Waals surface area (Å²) in [6.07, 6.45) is 0. The van der Waals surface area contributed by atoms with E-state index < -0.39 is 0 Å². The second kappa shape index (κ2) is 16.7. The molecule has 0 aliphatic rings. The predicted octanol–water partition coefficient (Wildman–Crippen LogP) is -0.608. The summed E-state index contributed by atoms with van der Waals surface area (Å²) in [5, 5.41) is 0. The van der Waals surface area contributed by atoms with Crippen LogP contribution in [0.1, 0.15) is 0 Å². The fraction of sp³-hybridized carbons (Fsp3) is 0. The Labute approximate surface area is 92.2 Å². The monoisotopic (exact) mass is 388 g/mol. The summed E-state index contributed by atoms with van der Waals surface area (Å²) in [7, 11) is 0. The molecule has 0 unspecified atom stereocenters. The number of halogens is 1. The van der Waals surface area contributed by atoms with E-state index in [-0.39, 0.29) is 94.2 Å². The van der Waals surface area contributed by atoms with Gasteiger partial charge in [-0.15, -0.1) is 12.4 Å². The van der Waals surface area contributed by atoms with Crippen molar-refractivity contribution in [2.75, 3.05) is 0 Å². The van der Waals surface area contributed by atoms with Crippen molar-refractivity contribution < 1.29 is 35.6 Å². The Morgan fingerprint density at radius 1 is 1.00 bits per heavy atom. The maximum absolute atomic E-state index is 0. The number of hydrogen-bond donors (Lipinski definition) is 0. The molecular formula is H2ClLaLiTl. The van der Waals surface area contributed by atoms with Gasteiger partial charge in [-0.1, -0.05) is 0 Å². The largest absolute Gasteiger partial charge is 0 e. The van der Waals surface area contributed by atoms with Gasteiger partial charge in [-0.25, -0.2) is 0 Å². The molecule has 0 spiro atoms. The first-order chi connectivity index (χ1) is 0. The van der Waals surface area contributed by atoms with Crippen LogP contribution >= 0.6 is 12.4 Å². The third-order valence-electron chi connectivity index (χ3n) is 0. The molecule has 0 fully saturated rings. The van der Waals surface area contributed by atoms with E-state index in [1.54, 1.807) is 0 Å². The van der Waals surface area contributed by atoms with Crippen LogP contribution in [0.3, 0.4) is 0 Å². The predicted molar refractivity (Wildman–Crippen MR) is 20.2 cm³/mol. The third-order valence-corrected chi connectivity index (χ3v) is 0. The molecule has 0 aromatic carbocycles. The van der Waals surface area contributed by atoms with Gasteiger partial charge in [-0.05, 0) is 0 Å². The molecule has 0 saturated carbocycles. The molecule has 0 aliphatic heterocycles. The normalized spacial score (nSPS) is 0. The van der Waals surface area contributed by atoms with Crippen molar-refractivity contribution in [3.05, 3.63) is 0 Å². The van der Waals surface area contributed by atoms with Crippen molar-refractivity contribution in [1.82, 2.24) is 0 Å². The van der Waals surface area contributed by atoms with Crippen LogP contribution in [-0.2, 0) is 0 Å². The Balaban J connectivity index is 0. The molecule has 0 aromatic rings. The van der Waals surface area contributed by atoms with Crippen LogP contribution in [0.2, 0.25) is 0 Å². The van der Waals surface area contributed by atoms with Crippen LogP contribution < -0.4 is 0 Å². The minimum absolute atomic E-state index is 0. The van der Waals surface area contributed by atoms with E-state index in [0.717, 1.165) is 0 Å². The van der Waals surface area contributed by atoms with Crippen LogP contribution in [0.15, 0.2) is 0 Å². The van der Waals surface area contributed by atoms with E-state index in [9.17, 15) is 0 Å². The van der Waals surface area contributed by atoms with Gasteiger partial charge in [-0.3, -0.25) is 0 Å². The molecule has 4 heavy (non-hydrogen) atoms. The molecule has 0 aliphatic carbocycles. The molecule has 2 radical (unpaired) electrons. The zero-order valence-electron chi connectivity index (χ0n) is 1.56. The second-order valence-electron chi connectivity index (χ2n) is 0. The first-order valence-electron chi connectivity index (χ1n) is 0. The summed E-state index contributed by atoms with van der Waals surface area (Å²) >= 11 is 0. The van der Waals surface area contributed by atoms with Gasteiger partial charge in [0.05, 0.1) is 0 Å². The van der Waals surface area contributed by atoms with Crippen molar-refractivity contribution >= 4 is 58.6 Å². The summed E-state index contributed by atoms with van der Waals surface area (Å²) < 4.78 is 0. The van der Waals surface area contributed by atoms with Crippen LogP contribution in [0.25, 0.3) is 0 Å². The average molecular weight is 388 g/mol. The van der Waals surface area contributed by atoms with E-state index in [1.165, 1.54) is 0 Å². The third kappa shape index (κ3) is 8.89. The minimum atomic E-state index is 0. The molecule has 0 nitrogen and oxygen atoms in total. The van der Waals surface area contributed by atoms with Gasteiger partial charge in [-0.2, -0.15) is 0 Å². The van der Waals surface area contributed by atoms with E-state index in [2.05, 4.69) is 0 Å². The van der Waals surface area contributed by atoms with Gasteiger partial charge in [0.15, 0.2) is 0 Å². The molecule has 0 aromatic heterocycles. The molecule has 4 heteroatoms. The Kier molecular flexibility index (Phi) is 117. The van der Waals surface area contributed by atoms with Crippen LogP contribution in [-0.4, -0.2) is 46.2 Å². The first-order valence-corrected chi connectivity index (χ1v) is 0. The SMILES string of the molecule is Cl.[La].[LiH].[Tl]. The van der Waals surface area contributed by atoms with Crippen molar-refractivity contribution in [1.29, 1.82) is 0 Å². The molecular weight excluding hydrogens is 386 g/mol. The molecule has 0 atom stereocenters. The average Bonchev–Trinajstić information content (AvgIpc) is 0. The van der Waals surface area contributed by atoms with Gasteiger partial charge >= 0.3 is 18.9 Å². The summed E-state index contributed by atoms with van der Waals surface area (Å²) in [5.41, 5.74) is 0.